The number of ether oxygens (including phenoxy) is 1. The van der Waals surface area contributed by atoms with E-state index < -0.39 is 0 Å². The number of benzene rings is 2. The van der Waals surface area contributed by atoms with Crippen LogP contribution in [-0.2, 0) is 11.2 Å². The van der Waals surface area contributed by atoms with Crippen molar-refractivity contribution >= 4 is 12.1 Å². The summed E-state index contributed by atoms with van der Waals surface area (Å²) in [4.78, 5) is 11.9. The van der Waals surface area contributed by atoms with Crippen LogP contribution in [0.5, 0.6) is 5.75 Å². The Morgan fingerprint density at radius 1 is 1.00 bits per heavy atom. The first-order chi connectivity index (χ1) is 12.8. The van der Waals surface area contributed by atoms with Crippen molar-refractivity contribution in [2.24, 2.45) is 5.10 Å². The molecule has 0 saturated carbocycles. The number of rotatable bonds is 11. The second-order valence-electron chi connectivity index (χ2n) is 6.26. The van der Waals surface area contributed by atoms with Gasteiger partial charge in [-0.1, -0.05) is 75.1 Å². The van der Waals surface area contributed by atoms with E-state index in [2.05, 4.69) is 17.5 Å². The van der Waals surface area contributed by atoms with Crippen LogP contribution in [0.1, 0.15) is 50.2 Å². The molecular formula is C22H28N2O2. The van der Waals surface area contributed by atoms with Crippen LogP contribution in [0.25, 0.3) is 0 Å². The number of amides is 1. The molecule has 0 aliphatic rings. The minimum atomic E-state index is -0.137. The van der Waals surface area contributed by atoms with Crippen LogP contribution in [0.3, 0.4) is 0 Å². The smallest absolute Gasteiger partial charge is 0.244 e. The molecule has 0 radical (unpaired) electrons. The van der Waals surface area contributed by atoms with E-state index in [1.54, 1.807) is 6.21 Å². The van der Waals surface area contributed by atoms with Gasteiger partial charge in [0.2, 0.25) is 5.91 Å². The Morgan fingerprint density at radius 2 is 1.73 bits per heavy atom. The van der Waals surface area contributed by atoms with E-state index in [-0.39, 0.29) is 5.91 Å². The third kappa shape index (κ3) is 7.51. The van der Waals surface area contributed by atoms with Gasteiger partial charge in [0.05, 0.1) is 19.2 Å². The summed E-state index contributed by atoms with van der Waals surface area (Å²) in [7, 11) is 0. The Morgan fingerprint density at radius 3 is 2.54 bits per heavy atom. The predicted molar refractivity (Wildman–Crippen MR) is 107 cm³/mol. The van der Waals surface area contributed by atoms with E-state index in [0.29, 0.717) is 13.0 Å². The van der Waals surface area contributed by atoms with Crippen LogP contribution in [0.15, 0.2) is 59.7 Å². The highest BCUT2D eigenvalue weighted by Gasteiger charge is 2.03. The maximum atomic E-state index is 11.9. The van der Waals surface area contributed by atoms with Gasteiger partial charge in [-0.15, -0.1) is 0 Å². The van der Waals surface area contributed by atoms with Gasteiger partial charge >= 0.3 is 0 Å². The van der Waals surface area contributed by atoms with Gasteiger partial charge in [-0.3, -0.25) is 4.79 Å². The zero-order chi connectivity index (χ0) is 18.5. The maximum absolute atomic E-state index is 11.9. The molecule has 0 saturated heterocycles. The average Bonchev–Trinajstić information content (AvgIpc) is 2.66. The van der Waals surface area contributed by atoms with E-state index in [1.807, 2.05) is 54.6 Å². The molecule has 0 spiro atoms. The van der Waals surface area contributed by atoms with Crippen molar-refractivity contribution in [3.8, 4) is 5.75 Å². The normalized spacial score (nSPS) is 10.8. The Balaban J connectivity index is 1.79. The predicted octanol–water partition coefficient (Wildman–Crippen LogP) is 4.73. The molecule has 0 aromatic heterocycles. The molecule has 4 nitrogen and oxygen atoms in total. The highest BCUT2D eigenvalue weighted by atomic mass is 16.5. The summed E-state index contributed by atoms with van der Waals surface area (Å²) < 4.78 is 5.87. The Labute approximate surface area is 156 Å². The number of hydrogen-bond acceptors (Lipinski definition) is 3. The molecule has 0 bridgehead atoms. The lowest BCUT2D eigenvalue weighted by molar-refractivity contribution is -0.120. The fourth-order valence-electron chi connectivity index (χ4n) is 2.60. The number of nitrogens with one attached hydrogen (secondary N) is 1. The third-order valence-electron chi connectivity index (χ3n) is 4.02. The Hall–Kier alpha value is -2.62. The van der Waals surface area contributed by atoms with Crippen molar-refractivity contribution in [3.63, 3.8) is 0 Å². The lowest BCUT2D eigenvalue weighted by Crippen LogP contribution is -2.19. The van der Waals surface area contributed by atoms with Gasteiger partial charge < -0.3 is 4.74 Å². The number of nitrogens with zero attached hydrogens (tertiary/aromatic N) is 1. The molecule has 138 valence electrons. The quantitative estimate of drug-likeness (QED) is 0.361. The first kappa shape index (κ1) is 19.7. The zero-order valence-corrected chi connectivity index (χ0v) is 15.5. The van der Waals surface area contributed by atoms with Gasteiger partial charge in [-0.25, -0.2) is 5.43 Å². The highest BCUT2D eigenvalue weighted by Crippen LogP contribution is 2.16. The molecule has 2 aromatic carbocycles. The summed E-state index contributed by atoms with van der Waals surface area (Å²) in [6.07, 6.45) is 7.99. The van der Waals surface area contributed by atoms with Crippen molar-refractivity contribution < 1.29 is 9.53 Å². The van der Waals surface area contributed by atoms with Crippen molar-refractivity contribution in [1.82, 2.24) is 5.43 Å². The molecule has 2 rings (SSSR count). The summed E-state index contributed by atoms with van der Waals surface area (Å²) >= 11 is 0. The fourth-order valence-corrected chi connectivity index (χ4v) is 2.60. The standard InChI is InChI=1S/C22H28N2O2/c1-2-3-4-5-11-16-26-21-15-10-9-14-20(21)18-23-24-22(25)17-19-12-7-6-8-13-19/h6-10,12-15,18H,2-5,11,16-17H2,1H3,(H,24,25)/b23-18-. The van der Waals surface area contributed by atoms with Crippen molar-refractivity contribution in [3.05, 3.63) is 65.7 Å². The molecule has 0 aliphatic carbocycles. The van der Waals surface area contributed by atoms with Crippen LogP contribution in [-0.4, -0.2) is 18.7 Å². The largest absolute Gasteiger partial charge is 0.493 e. The molecule has 1 amide bonds. The van der Waals surface area contributed by atoms with Gasteiger partial charge in [-0.05, 0) is 24.1 Å². The van der Waals surface area contributed by atoms with E-state index >= 15 is 0 Å². The summed E-state index contributed by atoms with van der Waals surface area (Å²) in [5.41, 5.74) is 4.40. The summed E-state index contributed by atoms with van der Waals surface area (Å²) in [5, 5.41) is 4.06. The summed E-state index contributed by atoms with van der Waals surface area (Å²) in [6.45, 7) is 2.92. The van der Waals surface area contributed by atoms with Gasteiger partial charge in [0.1, 0.15) is 5.75 Å². The van der Waals surface area contributed by atoms with Gasteiger partial charge in [0, 0.05) is 5.56 Å². The van der Waals surface area contributed by atoms with Crippen LogP contribution in [0.2, 0.25) is 0 Å². The van der Waals surface area contributed by atoms with E-state index in [1.165, 1.54) is 25.7 Å². The molecule has 2 aromatic rings. The van der Waals surface area contributed by atoms with Crippen LogP contribution >= 0.6 is 0 Å². The lowest BCUT2D eigenvalue weighted by Gasteiger charge is -2.08. The lowest BCUT2D eigenvalue weighted by atomic mass is 10.1. The topological polar surface area (TPSA) is 50.7 Å². The van der Waals surface area contributed by atoms with Crippen molar-refractivity contribution in [1.29, 1.82) is 0 Å². The molecule has 0 fully saturated rings. The molecular weight excluding hydrogens is 324 g/mol. The van der Waals surface area contributed by atoms with Gasteiger partial charge in [-0.2, -0.15) is 5.10 Å². The van der Waals surface area contributed by atoms with Crippen molar-refractivity contribution in [2.75, 3.05) is 6.61 Å². The zero-order valence-electron chi connectivity index (χ0n) is 15.5. The maximum Gasteiger partial charge on any atom is 0.244 e. The van der Waals surface area contributed by atoms with E-state index in [9.17, 15) is 4.79 Å². The average molecular weight is 352 g/mol. The van der Waals surface area contributed by atoms with Gasteiger partial charge in [0.25, 0.3) is 0 Å². The minimum Gasteiger partial charge on any atom is -0.493 e. The van der Waals surface area contributed by atoms with Crippen LogP contribution in [0, 0.1) is 0 Å². The molecule has 0 aliphatic heterocycles. The van der Waals surface area contributed by atoms with Gasteiger partial charge in [0.15, 0.2) is 0 Å². The van der Waals surface area contributed by atoms with Crippen LogP contribution < -0.4 is 10.2 Å². The second-order valence-corrected chi connectivity index (χ2v) is 6.26. The first-order valence-electron chi connectivity index (χ1n) is 9.37. The second kappa shape index (κ2) is 11.9. The fraction of sp³-hybridized carbons (Fsp3) is 0.364. The highest BCUT2D eigenvalue weighted by molar-refractivity contribution is 5.85. The Bertz CT molecular complexity index is 684. The molecule has 4 heteroatoms. The SMILES string of the molecule is CCCCCCCOc1ccccc1/C=N\NC(=O)Cc1ccccc1. The minimum absolute atomic E-state index is 0.137. The molecule has 1 N–H and O–H groups in total. The third-order valence-corrected chi connectivity index (χ3v) is 4.02. The van der Waals surface area contributed by atoms with E-state index in [4.69, 9.17) is 4.74 Å². The number of carbonyl (C=O) groups is 1. The van der Waals surface area contributed by atoms with E-state index in [0.717, 1.165) is 23.3 Å². The number of carbonyl (C=O) groups excluding carboxylic acids is 1. The number of hydrogen-bond donors (Lipinski definition) is 1. The first-order valence-corrected chi connectivity index (χ1v) is 9.37. The molecule has 0 heterocycles. The van der Waals surface area contributed by atoms with Crippen molar-refractivity contribution in [2.45, 2.75) is 45.4 Å². The number of para-hydroxylation sites is 1. The Kier molecular flexibility index (Phi) is 8.98. The number of unbranched alkanes of at least 4 members (excludes halogenated alkanes) is 4. The molecule has 0 unspecified atom stereocenters. The number of hydrazone groups is 1. The molecule has 0 atom stereocenters. The monoisotopic (exact) mass is 352 g/mol. The summed E-state index contributed by atoms with van der Waals surface area (Å²) in [5.74, 6) is 0.658. The molecule has 26 heavy (non-hydrogen) atoms. The van der Waals surface area contributed by atoms with Crippen LogP contribution in [0.4, 0.5) is 0 Å². The summed E-state index contributed by atoms with van der Waals surface area (Å²) in [6, 6.07) is 17.3.